The van der Waals surface area contributed by atoms with Crippen LogP contribution in [0.4, 0.5) is 10.5 Å². The molecule has 138 valence electrons. The fourth-order valence-corrected chi connectivity index (χ4v) is 3.21. The van der Waals surface area contributed by atoms with Crippen molar-refractivity contribution in [3.05, 3.63) is 58.6 Å². The first kappa shape index (κ1) is 18.5. The smallest absolute Gasteiger partial charge is 0.321 e. The second kappa shape index (κ2) is 7.56. The van der Waals surface area contributed by atoms with Crippen molar-refractivity contribution in [3.63, 3.8) is 0 Å². The van der Waals surface area contributed by atoms with Gasteiger partial charge in [-0.3, -0.25) is 0 Å². The number of urea groups is 1. The number of anilines is 1. The fourth-order valence-electron chi connectivity index (χ4n) is 2.93. The van der Waals surface area contributed by atoms with Crippen molar-refractivity contribution < 1.29 is 14.3 Å². The lowest BCUT2D eigenvalue weighted by Crippen LogP contribution is -2.37. The minimum Gasteiger partial charge on any atom is -0.495 e. The van der Waals surface area contributed by atoms with Crippen molar-refractivity contribution in [2.24, 2.45) is 0 Å². The molecule has 0 aromatic heterocycles. The molecule has 0 aliphatic carbocycles. The molecule has 1 saturated heterocycles. The van der Waals surface area contributed by atoms with Gasteiger partial charge in [0.1, 0.15) is 5.75 Å². The van der Waals surface area contributed by atoms with Gasteiger partial charge in [-0.25, -0.2) is 4.79 Å². The van der Waals surface area contributed by atoms with Gasteiger partial charge in [-0.1, -0.05) is 29.8 Å². The molecule has 1 atom stereocenters. The average Bonchev–Trinajstić information content (AvgIpc) is 2.60. The number of rotatable bonds is 5. The Morgan fingerprint density at radius 2 is 2.12 bits per heavy atom. The average molecular weight is 375 g/mol. The minimum absolute atomic E-state index is 0.186. The van der Waals surface area contributed by atoms with Crippen molar-refractivity contribution in [3.8, 4) is 5.75 Å². The molecule has 1 aliphatic rings. The van der Waals surface area contributed by atoms with Crippen LogP contribution in [0.25, 0.3) is 0 Å². The van der Waals surface area contributed by atoms with E-state index in [4.69, 9.17) is 21.1 Å². The number of methoxy groups -OCH3 is 1. The van der Waals surface area contributed by atoms with E-state index >= 15 is 0 Å². The highest BCUT2D eigenvalue weighted by Crippen LogP contribution is 2.37. The van der Waals surface area contributed by atoms with E-state index in [2.05, 4.69) is 12.2 Å². The molecule has 1 N–H and O–H groups in total. The van der Waals surface area contributed by atoms with Gasteiger partial charge in [0, 0.05) is 25.7 Å². The molecule has 2 amide bonds. The summed E-state index contributed by atoms with van der Waals surface area (Å²) in [6.45, 7) is 3.29. The number of ether oxygens (including phenoxy) is 2. The molecule has 26 heavy (non-hydrogen) atoms. The Morgan fingerprint density at radius 1 is 1.35 bits per heavy atom. The van der Waals surface area contributed by atoms with Crippen molar-refractivity contribution in [1.82, 2.24) is 4.90 Å². The summed E-state index contributed by atoms with van der Waals surface area (Å²) in [5, 5.41) is 3.46. The SMILES string of the molecule is COc1ccc(CN(C)C(=O)Nc2cccc(C3(C)CCO3)c2)cc1Cl. The molecule has 0 radical (unpaired) electrons. The minimum atomic E-state index is -0.244. The second-order valence-electron chi connectivity index (χ2n) is 6.67. The van der Waals surface area contributed by atoms with Gasteiger partial charge in [-0.15, -0.1) is 0 Å². The fraction of sp³-hybridized carbons (Fsp3) is 0.350. The third kappa shape index (κ3) is 3.94. The number of carbonyl (C=O) groups excluding carboxylic acids is 1. The van der Waals surface area contributed by atoms with Crippen LogP contribution < -0.4 is 10.1 Å². The highest BCUT2D eigenvalue weighted by Gasteiger charge is 2.35. The Kier molecular flexibility index (Phi) is 5.39. The molecule has 0 saturated carbocycles. The maximum atomic E-state index is 12.5. The summed E-state index contributed by atoms with van der Waals surface area (Å²) in [6, 6.07) is 13.1. The van der Waals surface area contributed by atoms with Crippen LogP contribution in [0.1, 0.15) is 24.5 Å². The van der Waals surface area contributed by atoms with Gasteiger partial charge in [-0.2, -0.15) is 0 Å². The van der Waals surface area contributed by atoms with Crippen molar-refractivity contribution in [2.45, 2.75) is 25.5 Å². The highest BCUT2D eigenvalue weighted by molar-refractivity contribution is 6.32. The van der Waals surface area contributed by atoms with E-state index in [0.29, 0.717) is 17.3 Å². The predicted octanol–water partition coefficient (Wildman–Crippen LogP) is 4.65. The first-order valence-electron chi connectivity index (χ1n) is 8.50. The van der Waals surface area contributed by atoms with E-state index < -0.39 is 0 Å². The van der Waals surface area contributed by atoms with Crippen molar-refractivity contribution >= 4 is 23.3 Å². The number of halogens is 1. The summed E-state index contributed by atoms with van der Waals surface area (Å²) in [4.78, 5) is 14.1. The second-order valence-corrected chi connectivity index (χ2v) is 7.07. The summed E-state index contributed by atoms with van der Waals surface area (Å²) in [5.41, 5.74) is 2.51. The quantitative estimate of drug-likeness (QED) is 0.828. The van der Waals surface area contributed by atoms with Crippen LogP contribution in [-0.4, -0.2) is 31.7 Å². The van der Waals surface area contributed by atoms with E-state index in [1.165, 1.54) is 0 Å². The Morgan fingerprint density at radius 3 is 2.73 bits per heavy atom. The summed E-state index contributed by atoms with van der Waals surface area (Å²) in [5.74, 6) is 0.617. The van der Waals surface area contributed by atoms with Crippen molar-refractivity contribution in [2.75, 3.05) is 26.1 Å². The number of amides is 2. The van der Waals surface area contributed by atoms with Crippen LogP contribution in [0.5, 0.6) is 5.75 Å². The van der Waals surface area contributed by atoms with Gasteiger partial charge in [0.25, 0.3) is 0 Å². The Balaban J connectivity index is 1.64. The largest absolute Gasteiger partial charge is 0.495 e. The van der Waals surface area contributed by atoms with Gasteiger partial charge in [-0.05, 0) is 42.3 Å². The van der Waals surface area contributed by atoms with Gasteiger partial charge in [0.05, 0.1) is 24.3 Å². The lowest BCUT2D eigenvalue weighted by molar-refractivity contribution is -0.140. The number of benzene rings is 2. The maximum Gasteiger partial charge on any atom is 0.321 e. The third-order valence-corrected chi connectivity index (χ3v) is 5.00. The van der Waals surface area contributed by atoms with Gasteiger partial charge < -0.3 is 19.7 Å². The molecule has 3 rings (SSSR count). The number of hydrogen-bond donors (Lipinski definition) is 1. The van der Waals surface area contributed by atoms with Crippen LogP contribution >= 0.6 is 11.6 Å². The molecule has 2 aromatic rings. The van der Waals surface area contributed by atoms with Crippen LogP contribution in [0.3, 0.4) is 0 Å². The lowest BCUT2D eigenvalue weighted by Gasteiger charge is -2.39. The molecule has 6 heteroatoms. The van der Waals surface area contributed by atoms with E-state index in [9.17, 15) is 4.79 Å². The standard InChI is InChI=1S/C20H23ClN2O3/c1-20(9-10-26-20)15-5-4-6-16(12-15)22-19(24)23(2)13-14-7-8-18(25-3)17(21)11-14/h4-8,11-12H,9-10,13H2,1-3H3,(H,22,24). The third-order valence-electron chi connectivity index (χ3n) is 4.71. The van der Waals surface area contributed by atoms with Gasteiger partial charge in [0.2, 0.25) is 0 Å². The topological polar surface area (TPSA) is 50.8 Å². The van der Waals surface area contributed by atoms with Crippen LogP contribution in [0, 0.1) is 0 Å². The predicted molar refractivity (Wildman–Crippen MR) is 103 cm³/mol. The van der Waals surface area contributed by atoms with E-state index in [1.54, 1.807) is 31.2 Å². The Labute approximate surface area is 158 Å². The van der Waals surface area contributed by atoms with Gasteiger partial charge in [0.15, 0.2) is 0 Å². The molecule has 1 unspecified atom stereocenters. The first-order valence-corrected chi connectivity index (χ1v) is 8.88. The van der Waals surface area contributed by atoms with E-state index in [0.717, 1.165) is 29.8 Å². The zero-order valence-electron chi connectivity index (χ0n) is 15.2. The molecule has 0 spiro atoms. The molecule has 1 fully saturated rings. The highest BCUT2D eigenvalue weighted by atomic mass is 35.5. The van der Waals surface area contributed by atoms with E-state index in [-0.39, 0.29) is 11.6 Å². The molecule has 2 aromatic carbocycles. The lowest BCUT2D eigenvalue weighted by atomic mass is 9.88. The van der Waals surface area contributed by atoms with Crippen LogP contribution in [0.2, 0.25) is 5.02 Å². The molecule has 0 bridgehead atoms. The zero-order chi connectivity index (χ0) is 18.7. The summed E-state index contributed by atoms with van der Waals surface area (Å²) >= 11 is 6.15. The van der Waals surface area contributed by atoms with E-state index in [1.807, 2.05) is 30.3 Å². The molecule has 1 heterocycles. The zero-order valence-corrected chi connectivity index (χ0v) is 16.0. The monoisotopic (exact) mass is 374 g/mol. The number of nitrogens with zero attached hydrogens (tertiary/aromatic N) is 1. The first-order chi connectivity index (χ1) is 12.4. The Hall–Kier alpha value is -2.24. The van der Waals surface area contributed by atoms with Crippen molar-refractivity contribution in [1.29, 1.82) is 0 Å². The Bertz CT molecular complexity index is 805. The summed E-state index contributed by atoms with van der Waals surface area (Å²) < 4.78 is 10.8. The summed E-state index contributed by atoms with van der Waals surface area (Å²) in [6.07, 6.45) is 0.989. The van der Waals surface area contributed by atoms with Gasteiger partial charge >= 0.3 is 6.03 Å². The van der Waals surface area contributed by atoms with Crippen LogP contribution in [-0.2, 0) is 16.9 Å². The molecular weight excluding hydrogens is 352 g/mol. The summed E-state index contributed by atoms with van der Waals surface area (Å²) in [7, 11) is 3.32. The maximum absolute atomic E-state index is 12.5. The number of nitrogens with one attached hydrogen (secondary N) is 1. The molecule has 5 nitrogen and oxygen atoms in total. The number of hydrogen-bond acceptors (Lipinski definition) is 3. The number of carbonyl (C=O) groups is 1. The molecular formula is C20H23ClN2O3. The molecule has 1 aliphatic heterocycles. The normalized spacial score (nSPS) is 18.8. The van der Waals surface area contributed by atoms with Crippen LogP contribution in [0.15, 0.2) is 42.5 Å².